The lowest BCUT2D eigenvalue weighted by Crippen LogP contribution is -1.82. The lowest BCUT2D eigenvalue weighted by molar-refractivity contribution is 0.869. The largest absolute Gasteiger partial charge is 0.0614 e. The zero-order valence-corrected chi connectivity index (χ0v) is 9.04. The second-order valence-electron chi connectivity index (χ2n) is 4.21. The Morgan fingerprint density at radius 3 is 2.50 bits per heavy atom. The minimum atomic E-state index is 0.598. The summed E-state index contributed by atoms with van der Waals surface area (Å²) in [5.41, 5.74) is 5.50. The highest BCUT2D eigenvalue weighted by atomic mass is 14.1. The Morgan fingerprint density at radius 1 is 1.00 bits per heavy atom. The molecule has 0 nitrogen and oxygen atoms in total. The molecule has 72 valence electrons. The van der Waals surface area contributed by atoms with Crippen molar-refractivity contribution in [1.29, 1.82) is 0 Å². The zero-order chi connectivity index (χ0) is 10.1. The van der Waals surface area contributed by atoms with E-state index in [9.17, 15) is 0 Å². The molecule has 0 heterocycles. The van der Waals surface area contributed by atoms with Gasteiger partial charge in [0.25, 0.3) is 0 Å². The minimum Gasteiger partial charge on any atom is -0.0614 e. The third kappa shape index (κ3) is 1.52. The summed E-state index contributed by atoms with van der Waals surface area (Å²) in [6.07, 6.45) is 0. The molecule has 0 N–H and O–H groups in total. The van der Waals surface area contributed by atoms with Gasteiger partial charge in [-0.3, -0.25) is 0 Å². The molecule has 0 atom stereocenters. The fraction of sp³-hybridized carbons (Fsp3) is 0.286. The SMILES string of the molecule is Cc1ccc2cc(C(C)C)cccc1-2. The summed E-state index contributed by atoms with van der Waals surface area (Å²) in [5, 5.41) is 0. The predicted octanol–water partition coefficient (Wildman–Crippen LogP) is 4.22. The normalized spacial score (nSPS) is 11.1. The lowest BCUT2D eigenvalue weighted by atomic mass is 10.0. The van der Waals surface area contributed by atoms with Crippen LogP contribution in [0.2, 0.25) is 0 Å². The topological polar surface area (TPSA) is 0 Å². The lowest BCUT2D eigenvalue weighted by Gasteiger charge is -2.01. The van der Waals surface area contributed by atoms with E-state index in [1.165, 1.54) is 22.3 Å². The smallest absolute Gasteiger partial charge is 0.0155 e. The van der Waals surface area contributed by atoms with Gasteiger partial charge < -0.3 is 0 Å². The molecule has 2 aliphatic rings. The van der Waals surface area contributed by atoms with Gasteiger partial charge in [0, 0.05) is 0 Å². The molecule has 0 aromatic carbocycles. The van der Waals surface area contributed by atoms with Crippen molar-refractivity contribution < 1.29 is 0 Å². The highest BCUT2D eigenvalue weighted by Crippen LogP contribution is 2.28. The van der Waals surface area contributed by atoms with E-state index in [2.05, 4.69) is 57.2 Å². The molecule has 0 aliphatic heterocycles. The Morgan fingerprint density at radius 2 is 1.79 bits per heavy atom. The van der Waals surface area contributed by atoms with E-state index < -0.39 is 0 Å². The Labute approximate surface area is 85.9 Å². The van der Waals surface area contributed by atoms with Crippen molar-refractivity contribution in [3.8, 4) is 11.1 Å². The summed E-state index contributed by atoms with van der Waals surface area (Å²) in [6, 6.07) is 13.3. The van der Waals surface area contributed by atoms with Gasteiger partial charge in [0.2, 0.25) is 0 Å². The average molecular weight is 184 g/mol. The number of fused-ring (bicyclic) bond motifs is 1. The van der Waals surface area contributed by atoms with Crippen molar-refractivity contribution in [1.82, 2.24) is 0 Å². The molecule has 2 rings (SSSR count). The van der Waals surface area contributed by atoms with Crippen molar-refractivity contribution in [2.24, 2.45) is 0 Å². The summed E-state index contributed by atoms with van der Waals surface area (Å²) in [4.78, 5) is 0. The van der Waals surface area contributed by atoms with Gasteiger partial charge >= 0.3 is 0 Å². The van der Waals surface area contributed by atoms with Crippen molar-refractivity contribution in [3.05, 3.63) is 47.5 Å². The molecule has 0 radical (unpaired) electrons. The van der Waals surface area contributed by atoms with E-state index in [0.29, 0.717) is 5.92 Å². The van der Waals surface area contributed by atoms with Crippen LogP contribution in [0.3, 0.4) is 0 Å². The van der Waals surface area contributed by atoms with Gasteiger partial charge in [-0.15, -0.1) is 0 Å². The molecule has 0 aromatic heterocycles. The van der Waals surface area contributed by atoms with Crippen LogP contribution in [-0.4, -0.2) is 0 Å². The number of aryl methyl sites for hydroxylation is 1. The van der Waals surface area contributed by atoms with Crippen LogP contribution >= 0.6 is 0 Å². The molecule has 2 aliphatic carbocycles. The molecule has 0 unspecified atom stereocenters. The van der Waals surface area contributed by atoms with E-state index in [1.807, 2.05) is 0 Å². The van der Waals surface area contributed by atoms with E-state index in [0.717, 1.165) is 0 Å². The first-order valence-corrected chi connectivity index (χ1v) is 5.18. The molecule has 0 bridgehead atoms. The molecule has 0 spiro atoms. The summed E-state index contributed by atoms with van der Waals surface area (Å²) >= 11 is 0. The second kappa shape index (κ2) is 3.45. The fourth-order valence-corrected chi connectivity index (χ4v) is 1.82. The molecular formula is C14H16. The molecule has 0 saturated carbocycles. The molecule has 0 heteroatoms. The standard InChI is InChI=1S/C14H16/c1-10(2)12-5-4-6-14-11(3)7-8-13(14)9-12/h4-10H,1-3H3. The molecule has 0 saturated heterocycles. The minimum absolute atomic E-state index is 0.598. The summed E-state index contributed by atoms with van der Waals surface area (Å²) in [6.45, 7) is 6.63. The van der Waals surface area contributed by atoms with E-state index >= 15 is 0 Å². The van der Waals surface area contributed by atoms with Gasteiger partial charge in [-0.05, 0) is 35.1 Å². The fourth-order valence-electron chi connectivity index (χ4n) is 1.82. The highest BCUT2D eigenvalue weighted by molar-refractivity contribution is 5.70. The van der Waals surface area contributed by atoms with Gasteiger partial charge in [0.15, 0.2) is 0 Å². The summed E-state index contributed by atoms with van der Waals surface area (Å²) in [5.74, 6) is 0.598. The Bertz CT molecular complexity index is 413. The van der Waals surface area contributed by atoms with Gasteiger partial charge in [0.1, 0.15) is 0 Å². The first-order valence-electron chi connectivity index (χ1n) is 5.18. The average Bonchev–Trinajstić information content (AvgIpc) is 2.40. The molecule has 0 aromatic rings. The first kappa shape index (κ1) is 9.26. The van der Waals surface area contributed by atoms with Gasteiger partial charge in [-0.25, -0.2) is 0 Å². The Kier molecular flexibility index (Phi) is 2.28. The van der Waals surface area contributed by atoms with Crippen molar-refractivity contribution in [2.75, 3.05) is 0 Å². The molecule has 0 amide bonds. The van der Waals surface area contributed by atoms with Crippen LogP contribution in [0.25, 0.3) is 11.1 Å². The zero-order valence-electron chi connectivity index (χ0n) is 9.04. The maximum atomic E-state index is 2.30. The molecular weight excluding hydrogens is 168 g/mol. The van der Waals surface area contributed by atoms with Crippen LogP contribution in [0, 0.1) is 6.92 Å². The van der Waals surface area contributed by atoms with Crippen LogP contribution in [-0.2, 0) is 0 Å². The van der Waals surface area contributed by atoms with E-state index in [4.69, 9.17) is 0 Å². The van der Waals surface area contributed by atoms with Crippen LogP contribution < -0.4 is 0 Å². The molecule has 0 fully saturated rings. The van der Waals surface area contributed by atoms with Crippen molar-refractivity contribution >= 4 is 0 Å². The predicted molar refractivity (Wildman–Crippen MR) is 61.9 cm³/mol. The molecule has 14 heavy (non-hydrogen) atoms. The van der Waals surface area contributed by atoms with E-state index in [1.54, 1.807) is 0 Å². The maximum absolute atomic E-state index is 2.30. The Hall–Kier alpha value is -1.30. The highest BCUT2D eigenvalue weighted by Gasteiger charge is 2.06. The van der Waals surface area contributed by atoms with Crippen molar-refractivity contribution in [3.63, 3.8) is 0 Å². The third-order valence-corrected chi connectivity index (χ3v) is 2.79. The second-order valence-corrected chi connectivity index (χ2v) is 4.21. The summed E-state index contributed by atoms with van der Waals surface area (Å²) < 4.78 is 0. The van der Waals surface area contributed by atoms with Crippen molar-refractivity contribution in [2.45, 2.75) is 26.7 Å². The van der Waals surface area contributed by atoms with Crippen LogP contribution in [0.4, 0.5) is 0 Å². The van der Waals surface area contributed by atoms with Crippen LogP contribution in [0.5, 0.6) is 0 Å². The maximum Gasteiger partial charge on any atom is -0.0155 e. The quantitative estimate of drug-likeness (QED) is 0.622. The van der Waals surface area contributed by atoms with Crippen LogP contribution in [0.1, 0.15) is 30.9 Å². The number of hydrogen-bond acceptors (Lipinski definition) is 0. The monoisotopic (exact) mass is 184 g/mol. The van der Waals surface area contributed by atoms with Gasteiger partial charge in [-0.1, -0.05) is 50.2 Å². The van der Waals surface area contributed by atoms with Gasteiger partial charge in [-0.2, -0.15) is 0 Å². The van der Waals surface area contributed by atoms with Crippen LogP contribution in [0.15, 0.2) is 36.4 Å². The summed E-state index contributed by atoms with van der Waals surface area (Å²) in [7, 11) is 0. The van der Waals surface area contributed by atoms with E-state index in [-0.39, 0.29) is 0 Å². The van der Waals surface area contributed by atoms with Gasteiger partial charge in [0.05, 0.1) is 0 Å². The third-order valence-electron chi connectivity index (χ3n) is 2.79. The Balaban J connectivity index is 2.60. The number of rotatable bonds is 1. The number of hydrogen-bond donors (Lipinski definition) is 0. The first-order chi connectivity index (χ1) is 6.68.